The molecule has 0 aromatic carbocycles. The normalized spacial score (nSPS) is 19.1. The van der Waals surface area contributed by atoms with Gasteiger partial charge in [-0.05, 0) is 49.7 Å². The SMILES string of the molecule is O=C(Cc1cccnc1)N1CCC(CCc2noc(C3CCOCC3)n2)CC1. The van der Waals surface area contributed by atoms with Gasteiger partial charge in [0.1, 0.15) is 0 Å². The van der Waals surface area contributed by atoms with Crippen molar-refractivity contribution in [3.8, 4) is 0 Å². The number of likely N-dealkylation sites (tertiary alicyclic amines) is 1. The Morgan fingerprint density at radius 1 is 1.18 bits per heavy atom. The maximum atomic E-state index is 12.5. The minimum atomic E-state index is 0.200. The van der Waals surface area contributed by atoms with Crippen LogP contribution in [0.1, 0.15) is 55.3 Å². The van der Waals surface area contributed by atoms with Crippen molar-refractivity contribution in [2.75, 3.05) is 26.3 Å². The summed E-state index contributed by atoms with van der Waals surface area (Å²) in [5.41, 5.74) is 0.979. The quantitative estimate of drug-likeness (QED) is 0.762. The summed E-state index contributed by atoms with van der Waals surface area (Å²) in [5, 5.41) is 4.17. The summed E-state index contributed by atoms with van der Waals surface area (Å²) in [6.45, 7) is 3.23. The molecule has 0 aliphatic carbocycles. The molecule has 0 atom stereocenters. The average molecular weight is 384 g/mol. The number of piperidine rings is 1. The average Bonchev–Trinajstić information content (AvgIpc) is 3.23. The van der Waals surface area contributed by atoms with E-state index in [0.29, 0.717) is 18.3 Å². The molecule has 0 unspecified atom stereocenters. The third kappa shape index (κ3) is 4.95. The topological polar surface area (TPSA) is 81.4 Å². The molecule has 7 heteroatoms. The summed E-state index contributed by atoms with van der Waals surface area (Å²) in [6, 6.07) is 3.83. The van der Waals surface area contributed by atoms with E-state index in [2.05, 4.69) is 15.1 Å². The first-order valence-corrected chi connectivity index (χ1v) is 10.3. The second-order valence-electron chi connectivity index (χ2n) is 7.84. The lowest BCUT2D eigenvalue weighted by atomic mass is 9.92. The van der Waals surface area contributed by atoms with E-state index in [1.807, 2.05) is 17.0 Å². The minimum Gasteiger partial charge on any atom is -0.381 e. The number of rotatable bonds is 6. The molecule has 2 aromatic heterocycles. The fourth-order valence-electron chi connectivity index (χ4n) is 4.07. The van der Waals surface area contributed by atoms with Gasteiger partial charge < -0.3 is 14.2 Å². The standard InChI is InChI=1S/C21H28N4O3/c26-20(14-17-2-1-9-22-15-17)25-10-5-16(6-11-25)3-4-19-23-21(28-24-19)18-7-12-27-13-8-18/h1-2,9,15-16,18H,3-8,10-14H2. The predicted octanol–water partition coefficient (Wildman–Crippen LogP) is 2.77. The van der Waals surface area contributed by atoms with Gasteiger partial charge in [-0.3, -0.25) is 9.78 Å². The van der Waals surface area contributed by atoms with Crippen LogP contribution in [-0.2, 0) is 22.4 Å². The summed E-state index contributed by atoms with van der Waals surface area (Å²) in [5.74, 6) is 2.76. The molecule has 4 rings (SSSR count). The Morgan fingerprint density at radius 2 is 2.00 bits per heavy atom. The number of aryl methyl sites for hydroxylation is 1. The van der Waals surface area contributed by atoms with E-state index in [9.17, 15) is 4.79 Å². The van der Waals surface area contributed by atoms with Crippen molar-refractivity contribution in [1.82, 2.24) is 20.0 Å². The smallest absolute Gasteiger partial charge is 0.229 e. The number of aromatic nitrogens is 3. The van der Waals surface area contributed by atoms with E-state index in [1.54, 1.807) is 12.4 Å². The van der Waals surface area contributed by atoms with Crippen LogP contribution in [-0.4, -0.2) is 52.2 Å². The van der Waals surface area contributed by atoms with Gasteiger partial charge in [0.05, 0.1) is 6.42 Å². The van der Waals surface area contributed by atoms with E-state index < -0.39 is 0 Å². The van der Waals surface area contributed by atoms with Crippen LogP contribution < -0.4 is 0 Å². The zero-order valence-corrected chi connectivity index (χ0v) is 16.3. The lowest BCUT2D eigenvalue weighted by molar-refractivity contribution is -0.131. The summed E-state index contributed by atoms with van der Waals surface area (Å²) < 4.78 is 10.9. The Labute approximate surface area is 165 Å². The van der Waals surface area contributed by atoms with E-state index in [4.69, 9.17) is 9.26 Å². The number of hydrogen-bond donors (Lipinski definition) is 0. The van der Waals surface area contributed by atoms with Crippen LogP contribution in [0.3, 0.4) is 0 Å². The Kier molecular flexibility index (Phi) is 6.31. The van der Waals surface area contributed by atoms with Crippen molar-refractivity contribution in [1.29, 1.82) is 0 Å². The van der Waals surface area contributed by atoms with E-state index in [1.165, 1.54) is 0 Å². The molecule has 2 saturated heterocycles. The molecule has 0 bridgehead atoms. The van der Waals surface area contributed by atoms with Gasteiger partial charge in [-0.2, -0.15) is 4.98 Å². The molecular weight excluding hydrogens is 356 g/mol. The zero-order valence-electron chi connectivity index (χ0n) is 16.3. The minimum absolute atomic E-state index is 0.200. The van der Waals surface area contributed by atoms with Crippen molar-refractivity contribution in [2.45, 2.75) is 50.9 Å². The molecule has 0 radical (unpaired) electrons. The Bertz CT molecular complexity index is 750. The van der Waals surface area contributed by atoms with Gasteiger partial charge in [0.2, 0.25) is 11.8 Å². The molecule has 2 aromatic rings. The highest BCUT2D eigenvalue weighted by atomic mass is 16.5. The third-order valence-corrected chi connectivity index (χ3v) is 5.88. The molecule has 0 saturated carbocycles. The maximum Gasteiger partial charge on any atom is 0.229 e. The van der Waals surface area contributed by atoms with Crippen LogP contribution in [0, 0.1) is 5.92 Å². The number of amides is 1. The van der Waals surface area contributed by atoms with Crippen LogP contribution in [0.2, 0.25) is 0 Å². The highest BCUT2D eigenvalue weighted by molar-refractivity contribution is 5.78. The maximum absolute atomic E-state index is 12.5. The molecule has 2 aliphatic rings. The van der Waals surface area contributed by atoms with E-state index in [0.717, 1.165) is 82.1 Å². The van der Waals surface area contributed by atoms with Crippen molar-refractivity contribution >= 4 is 5.91 Å². The lowest BCUT2D eigenvalue weighted by Crippen LogP contribution is -2.39. The summed E-state index contributed by atoms with van der Waals surface area (Å²) >= 11 is 0. The highest BCUT2D eigenvalue weighted by Crippen LogP contribution is 2.26. The van der Waals surface area contributed by atoms with Crippen LogP contribution in [0.15, 0.2) is 29.0 Å². The second-order valence-corrected chi connectivity index (χ2v) is 7.84. The van der Waals surface area contributed by atoms with Crippen molar-refractivity contribution in [3.05, 3.63) is 41.8 Å². The predicted molar refractivity (Wildman–Crippen MR) is 103 cm³/mol. The number of carbonyl (C=O) groups excluding carboxylic acids is 1. The van der Waals surface area contributed by atoms with Crippen LogP contribution in [0.4, 0.5) is 0 Å². The van der Waals surface area contributed by atoms with Crippen LogP contribution in [0.25, 0.3) is 0 Å². The molecule has 4 heterocycles. The molecular formula is C21H28N4O3. The molecule has 0 N–H and O–H groups in total. The number of nitrogens with zero attached hydrogens (tertiary/aromatic N) is 4. The molecule has 2 aliphatic heterocycles. The van der Waals surface area contributed by atoms with Gasteiger partial charge in [-0.1, -0.05) is 11.2 Å². The van der Waals surface area contributed by atoms with E-state index in [-0.39, 0.29) is 5.91 Å². The third-order valence-electron chi connectivity index (χ3n) is 5.88. The largest absolute Gasteiger partial charge is 0.381 e. The number of ether oxygens (including phenoxy) is 1. The molecule has 28 heavy (non-hydrogen) atoms. The Balaban J connectivity index is 1.19. The number of pyridine rings is 1. The van der Waals surface area contributed by atoms with Gasteiger partial charge in [-0.15, -0.1) is 0 Å². The first-order chi connectivity index (χ1) is 13.8. The second kappa shape index (κ2) is 9.28. The van der Waals surface area contributed by atoms with Gasteiger partial charge in [0, 0.05) is 51.0 Å². The highest BCUT2D eigenvalue weighted by Gasteiger charge is 2.25. The lowest BCUT2D eigenvalue weighted by Gasteiger charge is -2.32. The molecule has 7 nitrogen and oxygen atoms in total. The summed E-state index contributed by atoms with van der Waals surface area (Å²) in [6.07, 6.45) is 9.86. The summed E-state index contributed by atoms with van der Waals surface area (Å²) in [4.78, 5) is 23.1. The summed E-state index contributed by atoms with van der Waals surface area (Å²) in [7, 11) is 0. The van der Waals surface area contributed by atoms with Crippen LogP contribution >= 0.6 is 0 Å². The zero-order chi connectivity index (χ0) is 19.2. The monoisotopic (exact) mass is 384 g/mol. The molecule has 0 spiro atoms. The van der Waals surface area contributed by atoms with Crippen molar-refractivity contribution in [2.24, 2.45) is 5.92 Å². The fraction of sp³-hybridized carbons (Fsp3) is 0.619. The van der Waals surface area contributed by atoms with Gasteiger partial charge in [0.25, 0.3) is 0 Å². The molecule has 2 fully saturated rings. The molecule has 150 valence electrons. The number of carbonyl (C=O) groups is 1. The first-order valence-electron chi connectivity index (χ1n) is 10.3. The van der Waals surface area contributed by atoms with Gasteiger partial charge in [-0.25, -0.2) is 0 Å². The van der Waals surface area contributed by atoms with Gasteiger partial charge >= 0.3 is 0 Å². The van der Waals surface area contributed by atoms with E-state index >= 15 is 0 Å². The van der Waals surface area contributed by atoms with Crippen molar-refractivity contribution < 1.29 is 14.1 Å². The van der Waals surface area contributed by atoms with Gasteiger partial charge in [0.15, 0.2) is 5.82 Å². The Morgan fingerprint density at radius 3 is 2.75 bits per heavy atom. The van der Waals surface area contributed by atoms with Crippen LogP contribution in [0.5, 0.6) is 0 Å². The Hall–Kier alpha value is -2.28. The number of hydrogen-bond acceptors (Lipinski definition) is 6. The van der Waals surface area contributed by atoms with Crippen molar-refractivity contribution in [3.63, 3.8) is 0 Å². The first kappa shape index (κ1) is 19.1. The fourth-order valence-corrected chi connectivity index (χ4v) is 4.07. The molecule has 1 amide bonds.